The number of fused-ring (bicyclic) bond motifs is 2. The highest BCUT2D eigenvalue weighted by atomic mass is 19.1. The maximum absolute atomic E-state index is 13.2. The Bertz CT molecular complexity index is 506. The van der Waals surface area contributed by atoms with Crippen molar-refractivity contribution < 1.29 is 19.0 Å². The van der Waals surface area contributed by atoms with Crippen molar-refractivity contribution in [1.29, 1.82) is 0 Å². The molecule has 0 aliphatic carbocycles. The van der Waals surface area contributed by atoms with Gasteiger partial charge in [0.15, 0.2) is 0 Å². The molecule has 3 heterocycles. The second-order valence-corrected chi connectivity index (χ2v) is 4.88. The van der Waals surface area contributed by atoms with Crippen LogP contribution in [0.15, 0.2) is 18.3 Å². The molecule has 18 heavy (non-hydrogen) atoms. The van der Waals surface area contributed by atoms with E-state index in [1.807, 2.05) is 0 Å². The first-order chi connectivity index (χ1) is 8.53. The molecule has 1 amide bonds. The van der Waals surface area contributed by atoms with Gasteiger partial charge in [0.05, 0.1) is 18.1 Å². The summed E-state index contributed by atoms with van der Waals surface area (Å²) in [6.45, 7) is 0. The summed E-state index contributed by atoms with van der Waals surface area (Å²) in [4.78, 5) is 15.0. The van der Waals surface area contributed by atoms with Crippen LogP contribution in [0.2, 0.25) is 0 Å². The van der Waals surface area contributed by atoms with Crippen molar-refractivity contribution >= 4 is 5.91 Å². The van der Waals surface area contributed by atoms with Crippen molar-refractivity contribution in [3.63, 3.8) is 0 Å². The number of nitrogens with two attached hydrogens (primary N) is 1. The summed E-state index contributed by atoms with van der Waals surface area (Å²) >= 11 is 0. The second-order valence-electron chi connectivity index (χ2n) is 4.88. The van der Waals surface area contributed by atoms with Gasteiger partial charge in [-0.15, -0.1) is 0 Å². The molecule has 0 radical (unpaired) electrons. The smallest absolute Gasteiger partial charge is 0.223 e. The van der Waals surface area contributed by atoms with Gasteiger partial charge in [0.1, 0.15) is 5.60 Å². The number of aliphatic hydroxyl groups is 1. The lowest BCUT2D eigenvalue weighted by Gasteiger charge is -2.32. The zero-order chi connectivity index (χ0) is 12.9. The topological polar surface area (TPSA) is 85.4 Å². The van der Waals surface area contributed by atoms with Crippen molar-refractivity contribution in [2.45, 2.75) is 30.7 Å². The van der Waals surface area contributed by atoms with Gasteiger partial charge in [-0.1, -0.05) is 0 Å². The van der Waals surface area contributed by atoms with Crippen molar-refractivity contribution in [1.82, 2.24) is 4.98 Å². The number of aromatic nitrogens is 1. The van der Waals surface area contributed by atoms with E-state index < -0.39 is 35.6 Å². The average Bonchev–Trinajstić information content (AvgIpc) is 2.84. The first-order valence-electron chi connectivity index (χ1n) is 5.80. The van der Waals surface area contributed by atoms with Gasteiger partial charge in [-0.2, -0.15) is 4.39 Å². The molecular weight excluding hydrogens is 239 g/mol. The number of carbonyl (C=O) groups is 1. The molecule has 2 aliphatic heterocycles. The lowest BCUT2D eigenvalue weighted by Crippen LogP contribution is -2.42. The van der Waals surface area contributed by atoms with Gasteiger partial charge in [0, 0.05) is 12.6 Å². The molecule has 0 spiro atoms. The summed E-state index contributed by atoms with van der Waals surface area (Å²) in [7, 11) is 0. The highest BCUT2D eigenvalue weighted by molar-refractivity contribution is 5.79. The average molecular weight is 252 g/mol. The van der Waals surface area contributed by atoms with Crippen LogP contribution in [0.4, 0.5) is 4.39 Å². The van der Waals surface area contributed by atoms with E-state index in [-0.39, 0.29) is 6.42 Å². The fraction of sp³-hybridized carbons (Fsp3) is 0.500. The fourth-order valence-corrected chi connectivity index (χ4v) is 3.09. The van der Waals surface area contributed by atoms with Crippen molar-refractivity contribution in [3.8, 4) is 0 Å². The summed E-state index contributed by atoms with van der Waals surface area (Å²) < 4.78 is 19.0. The van der Waals surface area contributed by atoms with Crippen molar-refractivity contribution in [2.24, 2.45) is 11.7 Å². The first-order valence-corrected chi connectivity index (χ1v) is 5.80. The van der Waals surface area contributed by atoms with Gasteiger partial charge in [0.2, 0.25) is 11.9 Å². The quantitative estimate of drug-likeness (QED) is 0.729. The third-order valence-corrected chi connectivity index (χ3v) is 3.89. The van der Waals surface area contributed by atoms with Gasteiger partial charge in [-0.3, -0.25) is 4.79 Å². The molecule has 6 heteroatoms. The van der Waals surface area contributed by atoms with E-state index >= 15 is 0 Å². The number of hydrogen-bond donors (Lipinski definition) is 2. The number of primary amides is 1. The largest absolute Gasteiger partial charge is 0.390 e. The normalized spacial score (nSPS) is 38.0. The van der Waals surface area contributed by atoms with E-state index in [4.69, 9.17) is 10.5 Å². The van der Waals surface area contributed by atoms with E-state index in [1.54, 1.807) is 6.07 Å². The molecule has 2 aliphatic rings. The van der Waals surface area contributed by atoms with Gasteiger partial charge >= 0.3 is 0 Å². The van der Waals surface area contributed by atoms with Gasteiger partial charge in [0.25, 0.3) is 0 Å². The summed E-state index contributed by atoms with van der Waals surface area (Å²) in [5, 5.41) is 9.83. The standard InChI is InChI=1S/C12H13FN2O3/c13-10-3-6(1-2-15-10)12-5-8(16)9(18-12)4-7(12)11(14)17/h1-3,7-9,16H,4-5H2,(H2,14,17). The van der Waals surface area contributed by atoms with Gasteiger partial charge in [-0.25, -0.2) is 4.98 Å². The summed E-state index contributed by atoms with van der Waals surface area (Å²) in [6, 6.07) is 2.83. The van der Waals surface area contributed by atoms with Gasteiger partial charge < -0.3 is 15.6 Å². The molecule has 1 aromatic heterocycles. The van der Waals surface area contributed by atoms with Crippen LogP contribution in [0, 0.1) is 11.9 Å². The first kappa shape index (κ1) is 11.6. The zero-order valence-corrected chi connectivity index (χ0v) is 9.54. The van der Waals surface area contributed by atoms with Crippen LogP contribution in [-0.4, -0.2) is 28.2 Å². The predicted molar refractivity (Wildman–Crippen MR) is 58.7 cm³/mol. The lowest BCUT2D eigenvalue weighted by molar-refractivity contribution is -0.127. The Kier molecular flexibility index (Phi) is 2.39. The van der Waals surface area contributed by atoms with Crippen molar-refractivity contribution in [2.75, 3.05) is 0 Å². The number of hydrogen-bond acceptors (Lipinski definition) is 4. The van der Waals surface area contributed by atoms with Crippen LogP contribution in [0.25, 0.3) is 0 Å². The van der Waals surface area contributed by atoms with E-state index in [0.29, 0.717) is 12.0 Å². The van der Waals surface area contributed by atoms with Crippen LogP contribution < -0.4 is 5.73 Å². The molecule has 96 valence electrons. The minimum absolute atomic E-state index is 0.259. The molecule has 2 fully saturated rings. The predicted octanol–water partition coefficient (Wildman–Crippen LogP) is 0.0710. The molecule has 0 aromatic carbocycles. The Labute approximate surface area is 103 Å². The highest BCUT2D eigenvalue weighted by Gasteiger charge is 2.60. The third kappa shape index (κ3) is 1.46. The highest BCUT2D eigenvalue weighted by Crippen LogP contribution is 2.53. The molecule has 5 nitrogen and oxygen atoms in total. The van der Waals surface area contributed by atoms with Crippen LogP contribution >= 0.6 is 0 Å². The molecule has 1 aromatic rings. The van der Waals surface area contributed by atoms with Gasteiger partial charge in [-0.05, 0) is 24.1 Å². The molecule has 3 rings (SSSR count). The van der Waals surface area contributed by atoms with E-state index in [2.05, 4.69) is 4.98 Å². The fourth-order valence-electron chi connectivity index (χ4n) is 3.09. The molecule has 3 N–H and O–H groups in total. The van der Waals surface area contributed by atoms with E-state index in [0.717, 1.165) is 0 Å². The number of halogens is 1. The van der Waals surface area contributed by atoms with Crippen LogP contribution in [0.5, 0.6) is 0 Å². The summed E-state index contributed by atoms with van der Waals surface area (Å²) in [5.74, 6) is -1.66. The molecule has 2 saturated heterocycles. The van der Waals surface area contributed by atoms with E-state index in [9.17, 15) is 14.3 Å². The Hall–Kier alpha value is -1.53. The maximum atomic E-state index is 13.2. The number of pyridine rings is 1. The van der Waals surface area contributed by atoms with Crippen LogP contribution in [0.3, 0.4) is 0 Å². The van der Waals surface area contributed by atoms with Crippen LogP contribution in [0.1, 0.15) is 18.4 Å². The Morgan fingerprint density at radius 3 is 3.06 bits per heavy atom. The third-order valence-electron chi connectivity index (χ3n) is 3.89. The van der Waals surface area contributed by atoms with E-state index in [1.165, 1.54) is 12.3 Å². The number of nitrogens with zero attached hydrogens (tertiary/aromatic N) is 1. The number of aliphatic hydroxyl groups excluding tert-OH is 1. The zero-order valence-electron chi connectivity index (χ0n) is 9.54. The summed E-state index contributed by atoms with van der Waals surface area (Å²) in [6.07, 6.45) is 0.907. The Morgan fingerprint density at radius 2 is 2.44 bits per heavy atom. The minimum atomic E-state index is -1.00. The van der Waals surface area contributed by atoms with Crippen molar-refractivity contribution in [3.05, 3.63) is 29.8 Å². The van der Waals surface area contributed by atoms with Crippen LogP contribution in [-0.2, 0) is 15.1 Å². The molecule has 2 bridgehead atoms. The second kappa shape index (κ2) is 3.73. The molecule has 4 unspecified atom stereocenters. The Morgan fingerprint density at radius 1 is 1.67 bits per heavy atom. The molecule has 0 saturated carbocycles. The SMILES string of the molecule is NC(=O)C1CC2OC1(c1ccnc(F)c1)CC2O. The molecular formula is C12H13FN2O3. The number of carbonyl (C=O) groups excluding carboxylic acids is 1. The lowest BCUT2D eigenvalue weighted by atomic mass is 9.73. The number of amides is 1. The maximum Gasteiger partial charge on any atom is 0.223 e. The Balaban J connectivity index is 2.08. The number of ether oxygens (including phenoxy) is 1. The minimum Gasteiger partial charge on any atom is -0.390 e. The monoisotopic (exact) mass is 252 g/mol. The molecule has 4 atom stereocenters. The number of rotatable bonds is 2. The summed E-state index contributed by atoms with van der Waals surface area (Å²) in [5.41, 5.74) is 4.89.